The van der Waals surface area contributed by atoms with Gasteiger partial charge in [-0.3, -0.25) is 38.3 Å². The smallest absolute Gasteiger partial charge is 0.329 e. The lowest BCUT2D eigenvalue weighted by Crippen LogP contribution is -2.62. The summed E-state index contributed by atoms with van der Waals surface area (Å²) in [5.74, 6) is -0.204. The largest absolute Gasteiger partial charge is 0.374 e. The van der Waals surface area contributed by atoms with Gasteiger partial charge in [0.05, 0.1) is 54.1 Å². The second-order valence-corrected chi connectivity index (χ2v) is 19.1. The monoisotopic (exact) mass is 894 g/mol. The molecule has 1 saturated carbocycles. The number of aromatic nitrogens is 7. The molecule has 0 radical (unpaired) electrons. The Morgan fingerprint density at radius 2 is 1.83 bits per heavy atom. The highest BCUT2D eigenvalue weighted by molar-refractivity contribution is 6.08. The topological polar surface area (TPSA) is 186 Å². The second-order valence-electron chi connectivity index (χ2n) is 19.1. The van der Waals surface area contributed by atoms with Crippen molar-refractivity contribution < 1.29 is 32.7 Å². The predicted molar refractivity (Wildman–Crippen MR) is 232 cm³/mol. The first-order valence-corrected chi connectivity index (χ1v) is 22.8. The standard InChI is InChI=1S/C45H52F2N12O6/c1-53-39-27(3-2-4-33(39)59(44(53)64)34-9-10-36(60)51-43(34)63)17-37(61)55-24-45(25-55)12-15-54(16-13-45)20-26-5-7-28(8-6-26)58-22-32(38(52-58)40(46)47)49-42(62)31-19-48-57-14-11-35(50-41(31)57)56-21-30-18-29(56)23-65-30/h2-4,11,14,19,22,26,28-30,34,40H,5-10,12-13,15-18,20-21,23-25H2,1H3,(H,49,62)(H,51,60,63)/t26-,28-,29-,30-,34?/m1/s1. The highest BCUT2D eigenvalue weighted by Gasteiger charge is 2.47. The molecule has 9 heterocycles. The zero-order valence-corrected chi connectivity index (χ0v) is 36.2. The number of ether oxygens (including phenoxy) is 1. The first-order valence-electron chi connectivity index (χ1n) is 22.8. The molecule has 1 spiro atoms. The molecule has 18 nitrogen and oxygen atoms in total. The molecule has 3 atom stereocenters. The van der Waals surface area contributed by atoms with Crippen LogP contribution in [0.3, 0.4) is 0 Å². The number of imidazole rings is 1. The van der Waals surface area contributed by atoms with Crippen LogP contribution in [-0.4, -0.2) is 125 Å². The van der Waals surface area contributed by atoms with E-state index in [-0.39, 0.29) is 71.6 Å². The summed E-state index contributed by atoms with van der Waals surface area (Å²) in [5, 5.41) is 13.6. The molecule has 4 amide bonds. The number of hydrogen-bond acceptors (Lipinski definition) is 11. The number of likely N-dealkylation sites (tertiary alicyclic amines) is 2. The SMILES string of the molecule is Cn1c(=O)n(C2CCC(=O)NC2=O)c2cccc(CC(=O)N3CC4(CCN(C[C@H]5CC[C@H](n6cc(NC(=O)c7cnn8ccc(N9C[C@H]%10C[C@@H]9CO%10)nc78)c(C(F)F)n6)CC5)CC4)C3)c21. The van der Waals surface area contributed by atoms with Gasteiger partial charge >= 0.3 is 5.69 Å². The third kappa shape index (κ3) is 7.47. The van der Waals surface area contributed by atoms with E-state index in [0.717, 1.165) is 82.5 Å². The van der Waals surface area contributed by atoms with Crippen molar-refractivity contribution in [2.75, 3.05) is 56.1 Å². The van der Waals surface area contributed by atoms with E-state index in [1.807, 2.05) is 17.0 Å². The zero-order chi connectivity index (χ0) is 44.7. The van der Waals surface area contributed by atoms with Crippen LogP contribution in [0.25, 0.3) is 16.7 Å². The fourth-order valence-corrected chi connectivity index (χ4v) is 11.5. The van der Waals surface area contributed by atoms with Gasteiger partial charge in [-0.2, -0.15) is 10.2 Å². The molecule has 1 aliphatic carbocycles. The lowest BCUT2D eigenvalue weighted by atomic mass is 9.71. The van der Waals surface area contributed by atoms with Crippen LogP contribution >= 0.6 is 0 Å². The number of para-hydroxylation sites is 1. The number of fused-ring (bicyclic) bond motifs is 4. The number of nitrogens with zero attached hydrogens (tertiary/aromatic N) is 10. The van der Waals surface area contributed by atoms with Crippen molar-refractivity contribution in [3.05, 3.63) is 70.2 Å². The molecular formula is C45H52F2N12O6. The van der Waals surface area contributed by atoms with E-state index in [0.29, 0.717) is 42.3 Å². The van der Waals surface area contributed by atoms with Crippen molar-refractivity contribution in [1.82, 2.24) is 48.6 Å². The van der Waals surface area contributed by atoms with E-state index >= 15 is 0 Å². The number of imide groups is 1. The normalized spacial score (nSPS) is 25.6. The molecule has 65 heavy (non-hydrogen) atoms. The number of halogens is 2. The number of amides is 4. The van der Waals surface area contributed by atoms with Gasteiger partial charge in [0.2, 0.25) is 17.7 Å². The molecule has 1 unspecified atom stereocenters. The number of rotatable bonds is 10. The number of morpholine rings is 1. The summed E-state index contributed by atoms with van der Waals surface area (Å²) in [6.07, 6.45) is 8.97. The van der Waals surface area contributed by atoms with Crippen LogP contribution in [0.1, 0.15) is 97.9 Å². The van der Waals surface area contributed by atoms with Crippen LogP contribution in [0.4, 0.5) is 20.3 Å². The summed E-state index contributed by atoms with van der Waals surface area (Å²) in [4.78, 5) is 76.4. The number of carbonyl (C=O) groups is 4. The van der Waals surface area contributed by atoms with E-state index in [1.165, 1.54) is 26.0 Å². The van der Waals surface area contributed by atoms with Gasteiger partial charge in [-0.25, -0.2) is 23.1 Å². The van der Waals surface area contributed by atoms with Crippen molar-refractivity contribution >= 4 is 51.8 Å². The van der Waals surface area contributed by atoms with E-state index in [9.17, 15) is 32.8 Å². The average molecular weight is 895 g/mol. The molecule has 4 aromatic heterocycles. The maximum absolute atomic E-state index is 14.3. The van der Waals surface area contributed by atoms with Gasteiger partial charge in [-0.15, -0.1) is 0 Å². The number of piperidine rings is 2. The Hall–Kier alpha value is -6.02. The number of alkyl halides is 2. The Bertz CT molecular complexity index is 2770. The van der Waals surface area contributed by atoms with E-state index in [2.05, 4.69) is 30.6 Å². The Balaban J connectivity index is 0.663. The van der Waals surface area contributed by atoms with Gasteiger partial charge in [-0.1, -0.05) is 12.1 Å². The maximum Gasteiger partial charge on any atom is 0.329 e. The number of anilines is 2. The Labute approximate surface area is 371 Å². The Morgan fingerprint density at radius 1 is 1.03 bits per heavy atom. The third-order valence-electron chi connectivity index (χ3n) is 15.1. The lowest BCUT2D eigenvalue weighted by molar-refractivity contribution is -0.146. The third-order valence-corrected chi connectivity index (χ3v) is 15.1. The van der Waals surface area contributed by atoms with Crippen molar-refractivity contribution in [3.8, 4) is 0 Å². The summed E-state index contributed by atoms with van der Waals surface area (Å²) in [7, 11) is 1.65. The van der Waals surface area contributed by atoms with Crippen LogP contribution in [0.2, 0.25) is 0 Å². The molecule has 2 bridgehead atoms. The number of nitrogens with one attached hydrogen (secondary N) is 2. The summed E-state index contributed by atoms with van der Waals surface area (Å²) in [6, 6.07) is 6.69. The minimum Gasteiger partial charge on any atom is -0.374 e. The van der Waals surface area contributed by atoms with Crippen LogP contribution in [-0.2, 0) is 32.6 Å². The molecule has 342 valence electrons. The highest BCUT2D eigenvalue weighted by atomic mass is 19.3. The van der Waals surface area contributed by atoms with Gasteiger partial charge < -0.3 is 24.8 Å². The first-order chi connectivity index (χ1) is 31.4. The average Bonchev–Trinajstić information content (AvgIpc) is 4.14. The zero-order valence-electron chi connectivity index (χ0n) is 36.2. The minimum atomic E-state index is -2.87. The lowest BCUT2D eigenvalue weighted by Gasteiger charge is -2.54. The molecule has 2 N–H and O–H groups in total. The fourth-order valence-electron chi connectivity index (χ4n) is 11.5. The van der Waals surface area contributed by atoms with Crippen molar-refractivity contribution in [2.24, 2.45) is 18.4 Å². The maximum atomic E-state index is 14.3. The van der Waals surface area contributed by atoms with Gasteiger partial charge in [0.15, 0.2) is 11.3 Å². The van der Waals surface area contributed by atoms with Gasteiger partial charge in [0, 0.05) is 57.5 Å². The van der Waals surface area contributed by atoms with Crippen molar-refractivity contribution in [2.45, 2.75) is 94.9 Å². The van der Waals surface area contributed by atoms with Gasteiger partial charge in [-0.05, 0) is 88.1 Å². The quantitative estimate of drug-likeness (QED) is 0.195. The predicted octanol–water partition coefficient (Wildman–Crippen LogP) is 3.62. The number of aryl methyl sites for hydroxylation is 1. The van der Waals surface area contributed by atoms with Gasteiger partial charge in [0.25, 0.3) is 12.3 Å². The van der Waals surface area contributed by atoms with E-state index in [1.54, 1.807) is 30.1 Å². The summed E-state index contributed by atoms with van der Waals surface area (Å²) in [5.41, 5.74) is 1.73. The van der Waals surface area contributed by atoms with Gasteiger partial charge in [0.1, 0.15) is 17.4 Å². The summed E-state index contributed by atoms with van der Waals surface area (Å²) in [6.45, 7) is 5.66. The minimum absolute atomic E-state index is 0.00869. The Morgan fingerprint density at radius 3 is 2.55 bits per heavy atom. The first kappa shape index (κ1) is 41.7. The molecule has 5 aromatic rings. The number of hydrogen-bond donors (Lipinski definition) is 2. The van der Waals surface area contributed by atoms with Crippen LogP contribution in [0.15, 0.2) is 47.7 Å². The molecule has 6 fully saturated rings. The molecular weight excluding hydrogens is 843 g/mol. The molecule has 5 aliphatic heterocycles. The Kier molecular flexibility index (Phi) is 10.3. The summed E-state index contributed by atoms with van der Waals surface area (Å²) >= 11 is 0. The highest BCUT2D eigenvalue weighted by Crippen LogP contribution is 2.42. The van der Waals surface area contributed by atoms with Crippen LogP contribution < -0.4 is 21.2 Å². The number of benzene rings is 1. The molecule has 6 aliphatic rings. The van der Waals surface area contributed by atoms with E-state index < -0.39 is 30.0 Å². The van der Waals surface area contributed by atoms with E-state index in [4.69, 9.17) is 9.72 Å². The second kappa shape index (κ2) is 16.1. The fraction of sp³-hybridized carbons (Fsp3) is 0.556. The summed E-state index contributed by atoms with van der Waals surface area (Å²) < 4.78 is 40.5. The van der Waals surface area contributed by atoms with Crippen LogP contribution in [0, 0.1) is 11.3 Å². The molecule has 20 heteroatoms. The van der Waals surface area contributed by atoms with Crippen LogP contribution in [0.5, 0.6) is 0 Å². The molecule has 5 saturated heterocycles. The molecule has 11 rings (SSSR count). The number of carbonyl (C=O) groups excluding carboxylic acids is 4. The van der Waals surface area contributed by atoms with Crippen molar-refractivity contribution in [3.63, 3.8) is 0 Å². The van der Waals surface area contributed by atoms with Crippen molar-refractivity contribution in [1.29, 1.82) is 0 Å². The molecule has 1 aromatic carbocycles.